The minimum atomic E-state index is -0.472. The number of ether oxygens (including phenoxy) is 2. The topological polar surface area (TPSA) is 123 Å². The van der Waals surface area contributed by atoms with Gasteiger partial charge in [-0.3, -0.25) is 4.79 Å². The molecule has 1 heterocycles. The van der Waals surface area contributed by atoms with Gasteiger partial charge in [-0.2, -0.15) is 5.26 Å². The molecule has 8 heteroatoms. The fourth-order valence-corrected chi connectivity index (χ4v) is 2.91. The summed E-state index contributed by atoms with van der Waals surface area (Å²) in [7, 11) is 3.04. The monoisotopic (exact) mass is 415 g/mol. The Morgan fingerprint density at radius 1 is 1.13 bits per heavy atom. The average molecular weight is 415 g/mol. The molecule has 3 N–H and O–H groups in total. The normalized spacial score (nSPS) is 11.8. The smallest absolute Gasteiger partial charge is 0.282 e. The summed E-state index contributed by atoms with van der Waals surface area (Å²) in [4.78, 5) is 21.0. The van der Waals surface area contributed by atoms with Crippen LogP contribution in [0.4, 0.5) is 5.69 Å². The van der Waals surface area contributed by atoms with E-state index in [1.807, 2.05) is 42.5 Å². The predicted octanol–water partition coefficient (Wildman–Crippen LogP) is 3.26. The molecule has 1 aromatic heterocycles. The van der Waals surface area contributed by atoms with Crippen LogP contribution in [-0.2, 0) is 4.74 Å². The van der Waals surface area contributed by atoms with Crippen molar-refractivity contribution in [2.24, 2.45) is 10.7 Å². The van der Waals surface area contributed by atoms with Crippen LogP contribution < -0.4 is 15.8 Å². The van der Waals surface area contributed by atoms with Gasteiger partial charge in [-0.1, -0.05) is 24.3 Å². The van der Waals surface area contributed by atoms with E-state index in [4.69, 9.17) is 20.5 Å². The summed E-state index contributed by atoms with van der Waals surface area (Å²) in [5.74, 6) is 0.296. The number of pyridine rings is 1. The number of aliphatic imine (C=N–C) groups is 1. The van der Waals surface area contributed by atoms with Crippen molar-refractivity contribution < 1.29 is 14.3 Å². The quantitative estimate of drug-likeness (QED) is 0.471. The van der Waals surface area contributed by atoms with Crippen LogP contribution in [0.25, 0.3) is 0 Å². The Morgan fingerprint density at radius 3 is 2.52 bits per heavy atom. The maximum Gasteiger partial charge on any atom is 0.282 e. The molecular formula is C23H21N5O3. The summed E-state index contributed by atoms with van der Waals surface area (Å²) >= 11 is 0. The lowest BCUT2D eigenvalue weighted by atomic mass is 9.98. The first-order chi connectivity index (χ1) is 15.0. The van der Waals surface area contributed by atoms with Crippen molar-refractivity contribution in [1.82, 2.24) is 4.98 Å². The van der Waals surface area contributed by atoms with Gasteiger partial charge >= 0.3 is 0 Å². The number of carbonyl (C=O) groups excluding carboxylic acids is 1. The van der Waals surface area contributed by atoms with Gasteiger partial charge in [0.2, 0.25) is 0 Å². The van der Waals surface area contributed by atoms with Crippen LogP contribution >= 0.6 is 0 Å². The highest BCUT2D eigenvalue weighted by Crippen LogP contribution is 2.30. The number of aromatic nitrogens is 1. The Kier molecular flexibility index (Phi) is 6.81. The number of nitrogens with one attached hydrogen (secondary N) is 1. The third-order valence-electron chi connectivity index (χ3n) is 4.46. The van der Waals surface area contributed by atoms with Crippen molar-refractivity contribution in [3.63, 3.8) is 0 Å². The summed E-state index contributed by atoms with van der Waals surface area (Å²) in [5.41, 5.74) is 8.62. The van der Waals surface area contributed by atoms with Crippen LogP contribution in [0.2, 0.25) is 0 Å². The lowest BCUT2D eigenvalue weighted by molar-refractivity contribution is 0.102. The number of amides is 1. The molecule has 0 radical (unpaired) electrons. The minimum Gasteiger partial charge on any atom is -0.497 e. The van der Waals surface area contributed by atoms with E-state index < -0.39 is 6.04 Å². The molecule has 156 valence electrons. The molecule has 8 nitrogen and oxygen atoms in total. The zero-order valence-corrected chi connectivity index (χ0v) is 17.1. The van der Waals surface area contributed by atoms with E-state index in [1.165, 1.54) is 19.4 Å². The van der Waals surface area contributed by atoms with Crippen LogP contribution in [0.3, 0.4) is 0 Å². The molecule has 31 heavy (non-hydrogen) atoms. The van der Waals surface area contributed by atoms with Crippen LogP contribution in [0.1, 0.15) is 33.2 Å². The van der Waals surface area contributed by atoms with E-state index in [9.17, 15) is 4.79 Å². The van der Waals surface area contributed by atoms with Gasteiger partial charge in [0, 0.05) is 11.9 Å². The van der Waals surface area contributed by atoms with Gasteiger partial charge in [0.05, 0.1) is 19.8 Å². The maximum absolute atomic E-state index is 12.5. The zero-order valence-electron chi connectivity index (χ0n) is 17.1. The predicted molar refractivity (Wildman–Crippen MR) is 117 cm³/mol. The minimum absolute atomic E-state index is 0.0315. The lowest BCUT2D eigenvalue weighted by Crippen LogP contribution is -2.16. The van der Waals surface area contributed by atoms with Crippen molar-refractivity contribution in [2.45, 2.75) is 6.04 Å². The average Bonchev–Trinajstić information content (AvgIpc) is 2.82. The molecule has 1 amide bonds. The van der Waals surface area contributed by atoms with E-state index >= 15 is 0 Å². The molecule has 0 aliphatic carbocycles. The van der Waals surface area contributed by atoms with Gasteiger partial charge in [-0.15, -0.1) is 0 Å². The number of nitrogens with two attached hydrogens (primary N) is 1. The highest BCUT2D eigenvalue weighted by atomic mass is 16.5. The molecule has 0 fully saturated rings. The number of methoxy groups -OCH3 is 2. The third kappa shape index (κ3) is 5.36. The Morgan fingerprint density at radius 2 is 1.87 bits per heavy atom. The summed E-state index contributed by atoms with van der Waals surface area (Å²) in [6, 6.07) is 19.3. The van der Waals surface area contributed by atoms with Gasteiger partial charge < -0.3 is 20.5 Å². The van der Waals surface area contributed by atoms with Crippen molar-refractivity contribution in [2.75, 3.05) is 19.5 Å². The Labute approximate surface area is 180 Å². The van der Waals surface area contributed by atoms with Gasteiger partial charge in [0.15, 0.2) is 0 Å². The second-order valence-electron chi connectivity index (χ2n) is 6.47. The fraction of sp³-hybridized carbons (Fsp3) is 0.130. The van der Waals surface area contributed by atoms with Gasteiger partial charge in [0.1, 0.15) is 23.6 Å². The first kappa shape index (κ1) is 21.3. The van der Waals surface area contributed by atoms with E-state index in [1.54, 1.807) is 25.3 Å². The van der Waals surface area contributed by atoms with Crippen molar-refractivity contribution in [3.8, 4) is 11.8 Å². The number of amidine groups is 1. The fourth-order valence-electron chi connectivity index (χ4n) is 2.91. The Bertz CT molecular complexity index is 1140. The summed E-state index contributed by atoms with van der Waals surface area (Å²) in [5, 5.41) is 11.7. The number of hydrogen-bond acceptors (Lipinski definition) is 6. The Balaban J connectivity index is 1.91. The van der Waals surface area contributed by atoms with E-state index in [0.717, 1.165) is 11.1 Å². The summed E-state index contributed by atoms with van der Waals surface area (Å²) in [6.07, 6.45) is 1.35. The molecule has 0 spiro atoms. The summed E-state index contributed by atoms with van der Waals surface area (Å²) < 4.78 is 10.4. The van der Waals surface area contributed by atoms with Crippen LogP contribution in [0.15, 0.2) is 71.9 Å². The number of hydrogen-bond donors (Lipinski definition) is 2. The van der Waals surface area contributed by atoms with E-state index in [0.29, 0.717) is 17.0 Å². The second-order valence-corrected chi connectivity index (χ2v) is 6.47. The molecule has 0 saturated heterocycles. The van der Waals surface area contributed by atoms with Crippen LogP contribution in [0, 0.1) is 11.3 Å². The standard InChI is InChI=1S/C23H21N5O3/c1-30-19-8-4-6-17(12-19)21(28-23(25)31-2)16-5-3-7-18(11-16)27-22(29)20-10-9-15(13-24)14-26-20/h3-12,14,21H,1-2H3,(H2,25,28)(H,27,29). The molecule has 2 aromatic carbocycles. The van der Waals surface area contributed by atoms with Crippen molar-refractivity contribution in [3.05, 3.63) is 89.2 Å². The number of anilines is 1. The zero-order chi connectivity index (χ0) is 22.2. The largest absolute Gasteiger partial charge is 0.497 e. The number of nitrogens with zero attached hydrogens (tertiary/aromatic N) is 3. The first-order valence-electron chi connectivity index (χ1n) is 9.32. The Hall–Kier alpha value is -4.38. The first-order valence-corrected chi connectivity index (χ1v) is 9.32. The molecule has 3 aromatic rings. The molecule has 0 aliphatic heterocycles. The number of rotatable bonds is 6. The number of carbonyl (C=O) groups is 1. The molecule has 1 unspecified atom stereocenters. The van der Waals surface area contributed by atoms with E-state index in [2.05, 4.69) is 15.3 Å². The van der Waals surface area contributed by atoms with Crippen LogP contribution in [0.5, 0.6) is 5.75 Å². The third-order valence-corrected chi connectivity index (χ3v) is 4.46. The van der Waals surface area contributed by atoms with Crippen molar-refractivity contribution >= 4 is 17.6 Å². The maximum atomic E-state index is 12.5. The van der Waals surface area contributed by atoms with Crippen LogP contribution in [-0.4, -0.2) is 31.1 Å². The van der Waals surface area contributed by atoms with Gasteiger partial charge in [-0.05, 0) is 47.5 Å². The molecule has 1 atom stereocenters. The second kappa shape index (κ2) is 9.89. The SMILES string of the molecule is COC(N)=NC(c1cccc(NC(=O)c2ccc(C#N)cn2)c1)c1cccc(OC)c1. The summed E-state index contributed by atoms with van der Waals surface area (Å²) in [6.45, 7) is 0. The molecular weight excluding hydrogens is 394 g/mol. The highest BCUT2D eigenvalue weighted by Gasteiger charge is 2.16. The molecule has 0 saturated carbocycles. The van der Waals surface area contributed by atoms with Gasteiger partial charge in [0.25, 0.3) is 11.9 Å². The number of nitriles is 1. The molecule has 3 rings (SSSR count). The molecule has 0 bridgehead atoms. The molecule has 0 aliphatic rings. The van der Waals surface area contributed by atoms with Gasteiger partial charge in [-0.25, -0.2) is 9.98 Å². The lowest BCUT2D eigenvalue weighted by Gasteiger charge is -2.16. The van der Waals surface area contributed by atoms with E-state index in [-0.39, 0.29) is 17.6 Å². The highest BCUT2D eigenvalue weighted by molar-refractivity contribution is 6.02. The number of benzene rings is 2. The van der Waals surface area contributed by atoms with Crippen molar-refractivity contribution in [1.29, 1.82) is 5.26 Å².